The van der Waals surface area contributed by atoms with E-state index in [2.05, 4.69) is 27.4 Å². The minimum atomic E-state index is 0.0601. The van der Waals surface area contributed by atoms with Crippen molar-refractivity contribution in [2.24, 2.45) is 5.92 Å². The molecular weight excluding hydrogens is 292 g/mol. The molecular formula is C17H22N4O2. The maximum atomic E-state index is 12.1. The smallest absolute Gasteiger partial charge is 0.227 e. The lowest BCUT2D eigenvalue weighted by Gasteiger charge is -2.29. The van der Waals surface area contributed by atoms with E-state index < -0.39 is 0 Å². The average molecular weight is 314 g/mol. The molecule has 2 heterocycles. The van der Waals surface area contributed by atoms with Crippen LogP contribution in [0.2, 0.25) is 0 Å². The van der Waals surface area contributed by atoms with Crippen LogP contribution in [0.15, 0.2) is 29.0 Å². The standard InChI is InChI=1S/C17H22N4O2/c1-12-5-2-3-7-14(12)19-15(22)8-9-16-20-17(21-23-16)13-6-4-10-18-11-13/h4,6,10-12,14H,2-3,5,7-9H2,1H3,(H,19,22)/t12-,14+/m0/s1. The van der Waals surface area contributed by atoms with Crippen molar-refractivity contribution in [2.45, 2.75) is 51.5 Å². The quantitative estimate of drug-likeness (QED) is 0.917. The van der Waals surface area contributed by atoms with Gasteiger partial charge >= 0.3 is 0 Å². The Morgan fingerprint density at radius 2 is 2.26 bits per heavy atom. The molecule has 0 aliphatic heterocycles. The van der Waals surface area contributed by atoms with Crippen molar-refractivity contribution in [2.75, 3.05) is 0 Å². The van der Waals surface area contributed by atoms with E-state index in [0.717, 1.165) is 12.0 Å². The molecule has 1 fully saturated rings. The van der Waals surface area contributed by atoms with Gasteiger partial charge in [-0.15, -0.1) is 0 Å². The highest BCUT2D eigenvalue weighted by molar-refractivity contribution is 5.76. The molecule has 6 heteroatoms. The fraction of sp³-hybridized carbons (Fsp3) is 0.529. The highest BCUT2D eigenvalue weighted by Crippen LogP contribution is 2.23. The number of aromatic nitrogens is 3. The van der Waals surface area contributed by atoms with Crippen LogP contribution in [0.1, 0.15) is 44.9 Å². The van der Waals surface area contributed by atoms with Crippen LogP contribution in [0.25, 0.3) is 11.4 Å². The fourth-order valence-electron chi connectivity index (χ4n) is 3.00. The van der Waals surface area contributed by atoms with Crippen LogP contribution in [0, 0.1) is 5.92 Å². The van der Waals surface area contributed by atoms with E-state index in [4.69, 9.17) is 4.52 Å². The summed E-state index contributed by atoms with van der Waals surface area (Å²) >= 11 is 0. The van der Waals surface area contributed by atoms with Gasteiger partial charge in [-0.3, -0.25) is 9.78 Å². The summed E-state index contributed by atoms with van der Waals surface area (Å²) in [4.78, 5) is 20.4. The lowest BCUT2D eigenvalue weighted by atomic mass is 9.86. The van der Waals surface area contributed by atoms with Crippen molar-refractivity contribution in [1.29, 1.82) is 0 Å². The van der Waals surface area contributed by atoms with Crippen LogP contribution >= 0.6 is 0 Å². The van der Waals surface area contributed by atoms with E-state index in [9.17, 15) is 4.79 Å². The predicted molar refractivity (Wildman–Crippen MR) is 85.4 cm³/mol. The second kappa shape index (κ2) is 7.35. The summed E-state index contributed by atoms with van der Waals surface area (Å²) in [5, 5.41) is 7.07. The van der Waals surface area contributed by atoms with Gasteiger partial charge in [-0.2, -0.15) is 4.98 Å². The number of carbonyl (C=O) groups is 1. The summed E-state index contributed by atoms with van der Waals surface area (Å²) in [5.74, 6) is 1.61. The Bertz CT molecular complexity index is 641. The molecule has 0 bridgehead atoms. The molecule has 0 radical (unpaired) electrons. The third-order valence-corrected chi connectivity index (χ3v) is 4.41. The first kappa shape index (κ1) is 15.6. The number of aryl methyl sites for hydroxylation is 1. The van der Waals surface area contributed by atoms with E-state index in [-0.39, 0.29) is 5.91 Å². The van der Waals surface area contributed by atoms with Gasteiger partial charge in [0.05, 0.1) is 0 Å². The van der Waals surface area contributed by atoms with Crippen molar-refractivity contribution < 1.29 is 9.32 Å². The molecule has 2 aromatic heterocycles. The zero-order valence-corrected chi connectivity index (χ0v) is 13.4. The molecule has 0 aromatic carbocycles. The largest absolute Gasteiger partial charge is 0.353 e. The molecule has 1 aliphatic carbocycles. The topological polar surface area (TPSA) is 80.9 Å². The lowest BCUT2D eigenvalue weighted by Crippen LogP contribution is -2.41. The van der Waals surface area contributed by atoms with Crippen LogP contribution in [0.3, 0.4) is 0 Å². The summed E-state index contributed by atoms with van der Waals surface area (Å²) in [7, 11) is 0. The molecule has 6 nitrogen and oxygen atoms in total. The van der Waals surface area contributed by atoms with E-state index in [1.54, 1.807) is 12.4 Å². The Morgan fingerprint density at radius 3 is 3.04 bits per heavy atom. The van der Waals surface area contributed by atoms with Gasteiger partial charge in [0.25, 0.3) is 0 Å². The molecule has 23 heavy (non-hydrogen) atoms. The average Bonchev–Trinajstić information content (AvgIpc) is 3.05. The molecule has 0 spiro atoms. The molecule has 1 aliphatic rings. The van der Waals surface area contributed by atoms with Gasteiger partial charge in [0.15, 0.2) is 0 Å². The Hall–Kier alpha value is -2.24. The van der Waals surface area contributed by atoms with E-state index >= 15 is 0 Å². The van der Waals surface area contributed by atoms with Gasteiger partial charge < -0.3 is 9.84 Å². The second-order valence-corrected chi connectivity index (χ2v) is 6.19. The summed E-state index contributed by atoms with van der Waals surface area (Å²) in [6.07, 6.45) is 8.97. The van der Waals surface area contributed by atoms with Crippen LogP contribution in [-0.4, -0.2) is 27.1 Å². The molecule has 0 unspecified atom stereocenters. The fourth-order valence-corrected chi connectivity index (χ4v) is 3.00. The van der Waals surface area contributed by atoms with Gasteiger partial charge in [0.2, 0.25) is 17.6 Å². The Kier molecular flexibility index (Phi) is 5.00. The number of carbonyl (C=O) groups excluding carboxylic acids is 1. The van der Waals surface area contributed by atoms with E-state index in [1.165, 1.54) is 19.3 Å². The highest BCUT2D eigenvalue weighted by Gasteiger charge is 2.22. The molecule has 1 amide bonds. The van der Waals surface area contributed by atoms with Crippen molar-refractivity contribution in [3.63, 3.8) is 0 Å². The Labute approximate surface area is 135 Å². The van der Waals surface area contributed by atoms with E-state index in [0.29, 0.717) is 36.5 Å². The number of nitrogens with zero attached hydrogens (tertiary/aromatic N) is 3. The van der Waals surface area contributed by atoms with Crippen molar-refractivity contribution in [1.82, 2.24) is 20.4 Å². The molecule has 2 atom stereocenters. The maximum absolute atomic E-state index is 12.1. The molecule has 122 valence electrons. The zero-order chi connectivity index (χ0) is 16.1. The number of hydrogen-bond acceptors (Lipinski definition) is 5. The monoisotopic (exact) mass is 314 g/mol. The minimum absolute atomic E-state index is 0.0601. The third-order valence-electron chi connectivity index (χ3n) is 4.41. The Balaban J connectivity index is 1.50. The van der Waals surface area contributed by atoms with Gasteiger partial charge in [0.1, 0.15) is 0 Å². The first-order valence-corrected chi connectivity index (χ1v) is 8.25. The zero-order valence-electron chi connectivity index (χ0n) is 13.4. The summed E-state index contributed by atoms with van der Waals surface area (Å²) in [6, 6.07) is 4.01. The number of pyridine rings is 1. The first-order valence-electron chi connectivity index (χ1n) is 8.25. The third kappa shape index (κ3) is 4.15. The van der Waals surface area contributed by atoms with Crippen molar-refractivity contribution >= 4 is 5.91 Å². The molecule has 3 rings (SSSR count). The normalized spacial score (nSPS) is 21.1. The molecule has 1 saturated carbocycles. The van der Waals surface area contributed by atoms with Crippen LogP contribution in [0.5, 0.6) is 0 Å². The number of rotatable bonds is 5. The van der Waals surface area contributed by atoms with Gasteiger partial charge in [-0.05, 0) is 30.9 Å². The predicted octanol–water partition coefficient (Wildman–Crippen LogP) is 2.76. The van der Waals surface area contributed by atoms with Crippen LogP contribution in [0.4, 0.5) is 0 Å². The van der Waals surface area contributed by atoms with Crippen molar-refractivity contribution in [3.05, 3.63) is 30.4 Å². The lowest BCUT2D eigenvalue weighted by molar-refractivity contribution is -0.122. The number of amides is 1. The van der Waals surface area contributed by atoms with Crippen LogP contribution < -0.4 is 5.32 Å². The molecule has 0 saturated heterocycles. The summed E-state index contributed by atoms with van der Waals surface area (Å²) < 4.78 is 5.21. The second-order valence-electron chi connectivity index (χ2n) is 6.19. The van der Waals surface area contributed by atoms with Gasteiger partial charge in [-0.1, -0.05) is 24.9 Å². The van der Waals surface area contributed by atoms with E-state index in [1.807, 2.05) is 12.1 Å². The first-order chi connectivity index (χ1) is 11.2. The Morgan fingerprint density at radius 1 is 1.39 bits per heavy atom. The number of hydrogen-bond donors (Lipinski definition) is 1. The van der Waals surface area contributed by atoms with Gasteiger partial charge in [0, 0.05) is 36.8 Å². The number of nitrogens with one attached hydrogen (secondary N) is 1. The molecule has 1 N–H and O–H groups in total. The minimum Gasteiger partial charge on any atom is -0.353 e. The molecule has 2 aromatic rings. The van der Waals surface area contributed by atoms with Crippen molar-refractivity contribution in [3.8, 4) is 11.4 Å². The summed E-state index contributed by atoms with van der Waals surface area (Å²) in [6.45, 7) is 2.21. The van der Waals surface area contributed by atoms with Crippen LogP contribution in [-0.2, 0) is 11.2 Å². The highest BCUT2D eigenvalue weighted by atomic mass is 16.5. The SMILES string of the molecule is C[C@H]1CCCC[C@H]1NC(=O)CCc1nc(-c2cccnc2)no1. The van der Waals surface area contributed by atoms with Gasteiger partial charge in [-0.25, -0.2) is 0 Å². The summed E-state index contributed by atoms with van der Waals surface area (Å²) in [5.41, 5.74) is 0.808. The maximum Gasteiger partial charge on any atom is 0.227 e.